The van der Waals surface area contributed by atoms with Gasteiger partial charge in [0.25, 0.3) is 0 Å². The molecule has 0 radical (unpaired) electrons. The number of nitrogens with zero attached hydrogens (tertiary/aromatic N) is 3. The standard InChI is InChI=1S/C8H17N.C7H15N.C6H13N.3CH4/c1-8(2,3)9-6-4-5-7-9;1-8-6-4-2-3-5-7-8;1-7-5-3-2-4-6-7;;;/h4-7H2,1-3H3;2-7H2,1H3;2-6H2,1H3;3*1H4. The Kier molecular flexibility index (Phi) is 21.0. The van der Waals surface area contributed by atoms with E-state index in [-0.39, 0.29) is 22.3 Å². The van der Waals surface area contributed by atoms with Crippen LogP contribution in [0, 0.1) is 0 Å². The quantitative estimate of drug-likeness (QED) is 0.477. The first kappa shape index (κ1) is 31.6. The van der Waals surface area contributed by atoms with Gasteiger partial charge in [0.15, 0.2) is 0 Å². The van der Waals surface area contributed by atoms with E-state index in [4.69, 9.17) is 0 Å². The third-order valence-corrected chi connectivity index (χ3v) is 5.46. The lowest BCUT2D eigenvalue weighted by atomic mass is 10.1. The van der Waals surface area contributed by atoms with E-state index in [0.29, 0.717) is 5.54 Å². The number of hydrogen-bond donors (Lipinski definition) is 0. The molecule has 0 atom stereocenters. The zero-order chi connectivity index (χ0) is 17.8. The van der Waals surface area contributed by atoms with Crippen LogP contribution in [0.3, 0.4) is 0 Å². The molecule has 0 bridgehead atoms. The van der Waals surface area contributed by atoms with Gasteiger partial charge in [0, 0.05) is 5.54 Å². The summed E-state index contributed by atoms with van der Waals surface area (Å²) in [5.74, 6) is 0. The van der Waals surface area contributed by atoms with Crippen LogP contribution in [0.25, 0.3) is 0 Å². The average molecular weight is 388 g/mol. The molecule has 0 spiro atoms. The van der Waals surface area contributed by atoms with Crippen LogP contribution < -0.4 is 0 Å². The fourth-order valence-corrected chi connectivity index (χ4v) is 3.67. The molecule has 0 unspecified atom stereocenters. The van der Waals surface area contributed by atoms with Crippen molar-refractivity contribution in [3.63, 3.8) is 0 Å². The van der Waals surface area contributed by atoms with Gasteiger partial charge >= 0.3 is 0 Å². The lowest BCUT2D eigenvalue weighted by Gasteiger charge is -2.31. The maximum absolute atomic E-state index is 2.55. The summed E-state index contributed by atoms with van der Waals surface area (Å²) >= 11 is 0. The van der Waals surface area contributed by atoms with Gasteiger partial charge in [-0.25, -0.2) is 0 Å². The first-order valence-electron chi connectivity index (χ1n) is 10.5. The van der Waals surface area contributed by atoms with Crippen molar-refractivity contribution < 1.29 is 0 Å². The van der Waals surface area contributed by atoms with Gasteiger partial charge in [0.05, 0.1) is 0 Å². The van der Waals surface area contributed by atoms with Gasteiger partial charge in [-0.3, -0.25) is 4.90 Å². The van der Waals surface area contributed by atoms with Crippen LogP contribution in [0.15, 0.2) is 0 Å². The molecule has 0 aromatic rings. The Hall–Kier alpha value is -0.120. The highest BCUT2D eigenvalue weighted by molar-refractivity contribution is 4.79. The fraction of sp³-hybridized carbons (Fsp3) is 1.00. The van der Waals surface area contributed by atoms with E-state index in [0.717, 1.165) is 0 Å². The minimum atomic E-state index is 0. The largest absolute Gasteiger partial charge is 0.306 e. The first-order valence-corrected chi connectivity index (χ1v) is 10.5. The van der Waals surface area contributed by atoms with E-state index in [1.807, 2.05) is 0 Å². The highest BCUT2D eigenvalue weighted by Crippen LogP contribution is 2.19. The summed E-state index contributed by atoms with van der Waals surface area (Å²) in [6.45, 7) is 14.8. The predicted octanol–water partition coefficient (Wildman–Crippen LogP) is 6.38. The Morgan fingerprint density at radius 3 is 0.963 bits per heavy atom. The summed E-state index contributed by atoms with van der Waals surface area (Å²) in [7, 11) is 4.41. The monoisotopic (exact) mass is 387 g/mol. The minimum Gasteiger partial charge on any atom is -0.306 e. The van der Waals surface area contributed by atoms with Gasteiger partial charge in [-0.05, 0) is 113 Å². The fourth-order valence-electron chi connectivity index (χ4n) is 3.67. The molecule has 3 heteroatoms. The van der Waals surface area contributed by atoms with Crippen LogP contribution in [-0.2, 0) is 0 Å². The second-order valence-electron chi connectivity index (χ2n) is 8.95. The van der Waals surface area contributed by atoms with Crippen LogP contribution >= 0.6 is 0 Å². The molecule has 3 saturated heterocycles. The molecule has 3 fully saturated rings. The van der Waals surface area contributed by atoms with Crippen molar-refractivity contribution in [3.8, 4) is 0 Å². The third-order valence-electron chi connectivity index (χ3n) is 5.46. The van der Waals surface area contributed by atoms with Crippen LogP contribution in [0.5, 0.6) is 0 Å². The Labute approximate surface area is 174 Å². The van der Waals surface area contributed by atoms with Crippen LogP contribution in [0.4, 0.5) is 0 Å². The maximum Gasteiger partial charge on any atom is 0.0125 e. The molecule has 0 saturated carbocycles. The molecule has 3 aliphatic heterocycles. The Balaban J connectivity index is -0.000000305. The topological polar surface area (TPSA) is 9.72 Å². The summed E-state index contributed by atoms with van der Waals surface area (Å²) in [5.41, 5.74) is 0.413. The molecule has 0 amide bonds. The SMILES string of the molecule is C.C.C.CC(C)(C)N1CCCC1.CN1CCCCC1.CN1CCCCCC1. The summed E-state index contributed by atoms with van der Waals surface area (Å²) in [6, 6.07) is 0. The smallest absolute Gasteiger partial charge is 0.0125 e. The summed E-state index contributed by atoms with van der Waals surface area (Å²) in [4.78, 5) is 7.36. The van der Waals surface area contributed by atoms with E-state index in [9.17, 15) is 0 Å². The lowest BCUT2D eigenvalue weighted by molar-refractivity contribution is 0.175. The molecule has 0 aromatic carbocycles. The summed E-state index contributed by atoms with van der Waals surface area (Å²) in [5, 5.41) is 0. The predicted molar refractivity (Wildman–Crippen MR) is 128 cm³/mol. The lowest BCUT2D eigenvalue weighted by Crippen LogP contribution is -2.38. The van der Waals surface area contributed by atoms with Crippen molar-refractivity contribution in [3.05, 3.63) is 0 Å². The van der Waals surface area contributed by atoms with Crippen LogP contribution in [0.1, 0.15) is 101 Å². The molecule has 0 aromatic heterocycles. The second-order valence-corrected chi connectivity index (χ2v) is 8.95. The minimum absolute atomic E-state index is 0. The van der Waals surface area contributed by atoms with Crippen molar-refractivity contribution in [2.24, 2.45) is 0 Å². The van der Waals surface area contributed by atoms with E-state index in [2.05, 4.69) is 49.6 Å². The molecule has 3 heterocycles. The first-order chi connectivity index (χ1) is 11.4. The van der Waals surface area contributed by atoms with Gasteiger partial charge in [-0.15, -0.1) is 0 Å². The number of hydrogen-bond acceptors (Lipinski definition) is 3. The zero-order valence-corrected chi connectivity index (χ0v) is 17.4. The Morgan fingerprint density at radius 2 is 0.704 bits per heavy atom. The molecule has 3 aliphatic rings. The highest BCUT2D eigenvalue weighted by Gasteiger charge is 2.23. The average Bonchev–Trinajstić information content (AvgIpc) is 2.98. The normalized spacial score (nSPS) is 21.7. The van der Waals surface area contributed by atoms with E-state index >= 15 is 0 Å². The summed E-state index contributed by atoms with van der Waals surface area (Å²) in [6.07, 6.45) is 12.8. The molecule has 27 heavy (non-hydrogen) atoms. The Bertz CT molecular complexity index is 278. The van der Waals surface area contributed by atoms with Crippen molar-refractivity contribution in [2.75, 3.05) is 53.4 Å². The molecule has 0 N–H and O–H groups in total. The van der Waals surface area contributed by atoms with Crippen molar-refractivity contribution in [1.29, 1.82) is 0 Å². The summed E-state index contributed by atoms with van der Waals surface area (Å²) < 4.78 is 0. The molecule has 3 rings (SSSR count). The molecule has 3 nitrogen and oxygen atoms in total. The molecule has 168 valence electrons. The van der Waals surface area contributed by atoms with Gasteiger partial charge < -0.3 is 9.80 Å². The van der Waals surface area contributed by atoms with Crippen molar-refractivity contribution in [1.82, 2.24) is 14.7 Å². The number of likely N-dealkylation sites (tertiary alicyclic amines) is 3. The number of rotatable bonds is 0. The van der Waals surface area contributed by atoms with Crippen LogP contribution in [0.2, 0.25) is 0 Å². The van der Waals surface area contributed by atoms with E-state index in [1.54, 1.807) is 0 Å². The van der Waals surface area contributed by atoms with Gasteiger partial charge in [0.1, 0.15) is 0 Å². The molecular formula is C24H57N3. The van der Waals surface area contributed by atoms with E-state index < -0.39 is 0 Å². The zero-order valence-electron chi connectivity index (χ0n) is 17.4. The van der Waals surface area contributed by atoms with Gasteiger partial charge in [-0.2, -0.15) is 0 Å². The van der Waals surface area contributed by atoms with Crippen molar-refractivity contribution in [2.45, 2.75) is 106 Å². The second kappa shape index (κ2) is 17.9. The maximum atomic E-state index is 2.55. The van der Waals surface area contributed by atoms with E-state index in [1.165, 1.54) is 97.1 Å². The third kappa shape index (κ3) is 16.5. The van der Waals surface area contributed by atoms with Crippen molar-refractivity contribution >= 4 is 0 Å². The van der Waals surface area contributed by atoms with Gasteiger partial charge in [0.2, 0.25) is 0 Å². The Morgan fingerprint density at radius 1 is 0.444 bits per heavy atom. The highest BCUT2D eigenvalue weighted by atomic mass is 15.2. The number of piperidine rings is 1. The molecule has 0 aliphatic carbocycles. The molecular weight excluding hydrogens is 330 g/mol. The van der Waals surface area contributed by atoms with Crippen LogP contribution in [-0.4, -0.2) is 73.6 Å². The van der Waals surface area contributed by atoms with Gasteiger partial charge in [-0.1, -0.05) is 41.5 Å².